The van der Waals surface area contributed by atoms with Crippen molar-refractivity contribution >= 4 is 33.2 Å². The van der Waals surface area contributed by atoms with E-state index < -0.39 is 0 Å². The Labute approximate surface area is 155 Å². The predicted molar refractivity (Wildman–Crippen MR) is 105 cm³/mol. The van der Waals surface area contributed by atoms with Crippen molar-refractivity contribution in [1.82, 2.24) is 4.98 Å². The van der Waals surface area contributed by atoms with E-state index in [2.05, 4.69) is 62.7 Å². The molecule has 0 unspecified atom stereocenters. The first-order chi connectivity index (χ1) is 12.1. The Kier molecular flexibility index (Phi) is 5.46. The Morgan fingerprint density at radius 2 is 1.72 bits per heavy atom. The Morgan fingerprint density at radius 1 is 1.00 bits per heavy atom. The van der Waals surface area contributed by atoms with Crippen LogP contribution in [0.3, 0.4) is 0 Å². The van der Waals surface area contributed by atoms with Crippen molar-refractivity contribution < 1.29 is 4.79 Å². The summed E-state index contributed by atoms with van der Waals surface area (Å²) in [6.07, 6.45) is 3.27. The van der Waals surface area contributed by atoms with Gasteiger partial charge in [0.2, 0.25) is 0 Å². The molecule has 3 rings (SSSR count). The molecule has 0 bridgehead atoms. The molecule has 1 aromatic heterocycles. The van der Waals surface area contributed by atoms with Gasteiger partial charge in [-0.2, -0.15) is 0 Å². The van der Waals surface area contributed by atoms with Crippen LogP contribution in [0.5, 0.6) is 0 Å². The third-order valence-corrected chi connectivity index (χ3v) is 4.25. The summed E-state index contributed by atoms with van der Waals surface area (Å²) in [5, 5.41) is 6.16. The smallest absolute Gasteiger partial charge is 0.257 e. The Balaban J connectivity index is 1.64. The second kappa shape index (κ2) is 7.94. The molecule has 0 saturated carbocycles. The van der Waals surface area contributed by atoms with Crippen LogP contribution in [0.1, 0.15) is 21.5 Å². The number of hydrogen-bond acceptors (Lipinski definition) is 3. The lowest BCUT2D eigenvalue weighted by atomic mass is 10.1. The number of carbonyl (C=O) groups is 1. The third kappa shape index (κ3) is 4.90. The number of halogens is 1. The van der Waals surface area contributed by atoms with E-state index in [1.165, 1.54) is 11.1 Å². The Morgan fingerprint density at radius 3 is 2.44 bits per heavy atom. The number of carbonyl (C=O) groups excluding carboxylic acids is 1. The number of hydrogen-bond donors (Lipinski definition) is 2. The molecule has 0 atom stereocenters. The van der Waals surface area contributed by atoms with Crippen LogP contribution in [-0.4, -0.2) is 10.9 Å². The Bertz CT molecular complexity index is 861. The summed E-state index contributed by atoms with van der Waals surface area (Å²) in [5.41, 5.74) is 4.47. The molecule has 1 heterocycles. The van der Waals surface area contributed by atoms with Gasteiger partial charge in [-0.15, -0.1) is 0 Å². The molecule has 0 aliphatic carbocycles. The van der Waals surface area contributed by atoms with E-state index >= 15 is 0 Å². The van der Waals surface area contributed by atoms with Crippen molar-refractivity contribution in [1.29, 1.82) is 0 Å². The number of rotatable bonds is 5. The highest BCUT2D eigenvalue weighted by molar-refractivity contribution is 9.10. The predicted octanol–water partition coefficient (Wildman–Crippen LogP) is 5.02. The minimum absolute atomic E-state index is 0.186. The number of aromatic nitrogens is 1. The maximum atomic E-state index is 12.4. The minimum Gasteiger partial charge on any atom is -0.380 e. The topological polar surface area (TPSA) is 54.0 Å². The molecular formula is C20H18BrN3O. The van der Waals surface area contributed by atoms with Gasteiger partial charge in [0.1, 0.15) is 0 Å². The van der Waals surface area contributed by atoms with Crippen molar-refractivity contribution in [2.24, 2.45) is 0 Å². The second-order valence-electron chi connectivity index (χ2n) is 5.76. The van der Waals surface area contributed by atoms with Crippen molar-refractivity contribution in [3.63, 3.8) is 0 Å². The van der Waals surface area contributed by atoms with Crippen LogP contribution in [-0.2, 0) is 6.54 Å². The largest absolute Gasteiger partial charge is 0.380 e. The molecule has 3 aromatic rings. The SMILES string of the molecule is Cc1ccc(CNc2cncc(C(=O)Nc3ccc(Br)cc3)c2)cc1. The zero-order chi connectivity index (χ0) is 17.6. The lowest BCUT2D eigenvalue weighted by Crippen LogP contribution is -2.12. The van der Waals surface area contributed by atoms with Crippen LogP contribution in [0.15, 0.2) is 71.5 Å². The number of aryl methyl sites for hydroxylation is 1. The summed E-state index contributed by atoms with van der Waals surface area (Å²) in [4.78, 5) is 16.5. The lowest BCUT2D eigenvalue weighted by Gasteiger charge is -2.09. The van der Waals surface area contributed by atoms with Crippen LogP contribution >= 0.6 is 15.9 Å². The molecule has 2 aromatic carbocycles. The van der Waals surface area contributed by atoms with Crippen molar-refractivity contribution in [2.45, 2.75) is 13.5 Å². The molecular weight excluding hydrogens is 378 g/mol. The molecule has 0 saturated heterocycles. The molecule has 0 aliphatic heterocycles. The van der Waals surface area contributed by atoms with Gasteiger partial charge in [0, 0.05) is 29.1 Å². The van der Waals surface area contributed by atoms with Crippen LogP contribution in [0, 0.1) is 6.92 Å². The molecule has 5 heteroatoms. The summed E-state index contributed by atoms with van der Waals surface area (Å²) in [6.45, 7) is 2.74. The molecule has 126 valence electrons. The highest BCUT2D eigenvalue weighted by Gasteiger charge is 2.07. The summed E-state index contributed by atoms with van der Waals surface area (Å²) in [5.74, 6) is -0.186. The molecule has 25 heavy (non-hydrogen) atoms. The number of pyridine rings is 1. The maximum absolute atomic E-state index is 12.4. The molecule has 0 fully saturated rings. The maximum Gasteiger partial charge on any atom is 0.257 e. The zero-order valence-corrected chi connectivity index (χ0v) is 15.4. The van der Waals surface area contributed by atoms with Gasteiger partial charge in [-0.25, -0.2) is 0 Å². The average Bonchev–Trinajstić information content (AvgIpc) is 2.63. The molecule has 0 spiro atoms. The van der Waals surface area contributed by atoms with E-state index in [1.807, 2.05) is 24.3 Å². The van der Waals surface area contributed by atoms with Crippen LogP contribution in [0.4, 0.5) is 11.4 Å². The molecule has 0 radical (unpaired) electrons. The number of benzene rings is 2. The van der Waals surface area contributed by atoms with E-state index in [-0.39, 0.29) is 5.91 Å². The van der Waals surface area contributed by atoms with Crippen molar-refractivity contribution in [3.8, 4) is 0 Å². The highest BCUT2D eigenvalue weighted by Crippen LogP contribution is 2.16. The first kappa shape index (κ1) is 17.2. The Hall–Kier alpha value is -2.66. The molecule has 1 amide bonds. The quantitative estimate of drug-likeness (QED) is 0.637. The fourth-order valence-corrected chi connectivity index (χ4v) is 2.57. The monoisotopic (exact) mass is 395 g/mol. The summed E-state index contributed by atoms with van der Waals surface area (Å²) >= 11 is 3.38. The van der Waals surface area contributed by atoms with Gasteiger partial charge < -0.3 is 10.6 Å². The summed E-state index contributed by atoms with van der Waals surface area (Å²) in [6, 6.07) is 17.6. The zero-order valence-electron chi connectivity index (χ0n) is 13.8. The van der Waals surface area contributed by atoms with E-state index in [9.17, 15) is 4.79 Å². The lowest BCUT2D eigenvalue weighted by molar-refractivity contribution is 0.102. The molecule has 0 aliphatic rings. The van der Waals surface area contributed by atoms with Crippen molar-refractivity contribution in [2.75, 3.05) is 10.6 Å². The van der Waals surface area contributed by atoms with E-state index in [0.29, 0.717) is 12.1 Å². The molecule has 2 N–H and O–H groups in total. The van der Waals surface area contributed by atoms with Gasteiger partial charge in [0.05, 0.1) is 11.3 Å². The normalized spacial score (nSPS) is 10.3. The standard InChI is InChI=1S/C20H18BrN3O/c1-14-2-4-15(5-3-14)11-23-19-10-16(12-22-13-19)20(25)24-18-8-6-17(21)7-9-18/h2-10,12-13,23H,11H2,1H3,(H,24,25). The van der Waals surface area contributed by atoms with Gasteiger partial charge in [-0.3, -0.25) is 9.78 Å². The van der Waals surface area contributed by atoms with Crippen molar-refractivity contribution in [3.05, 3.63) is 88.2 Å². The third-order valence-electron chi connectivity index (χ3n) is 3.72. The van der Waals surface area contributed by atoms with Crippen LogP contribution in [0.25, 0.3) is 0 Å². The summed E-state index contributed by atoms with van der Waals surface area (Å²) in [7, 11) is 0. The van der Waals surface area contributed by atoms with Gasteiger partial charge in [-0.05, 0) is 42.8 Å². The summed E-state index contributed by atoms with van der Waals surface area (Å²) < 4.78 is 0.967. The first-order valence-corrected chi connectivity index (χ1v) is 8.71. The minimum atomic E-state index is -0.186. The number of anilines is 2. The number of nitrogens with one attached hydrogen (secondary N) is 2. The van der Waals surface area contributed by atoms with Gasteiger partial charge in [-0.1, -0.05) is 45.8 Å². The van der Waals surface area contributed by atoms with Crippen LogP contribution < -0.4 is 10.6 Å². The number of nitrogens with zero attached hydrogens (tertiary/aromatic N) is 1. The second-order valence-corrected chi connectivity index (χ2v) is 6.68. The van der Waals surface area contributed by atoms with Crippen LogP contribution in [0.2, 0.25) is 0 Å². The van der Waals surface area contributed by atoms with Gasteiger partial charge in [0.25, 0.3) is 5.91 Å². The number of amides is 1. The fourth-order valence-electron chi connectivity index (χ4n) is 2.31. The molecule has 4 nitrogen and oxygen atoms in total. The van der Waals surface area contributed by atoms with Gasteiger partial charge >= 0.3 is 0 Å². The van der Waals surface area contributed by atoms with E-state index in [4.69, 9.17) is 0 Å². The van der Waals surface area contributed by atoms with E-state index in [1.54, 1.807) is 18.5 Å². The van der Waals surface area contributed by atoms with Gasteiger partial charge in [0.15, 0.2) is 0 Å². The fraction of sp³-hybridized carbons (Fsp3) is 0.100. The first-order valence-electron chi connectivity index (χ1n) is 7.91. The highest BCUT2D eigenvalue weighted by atomic mass is 79.9. The van der Waals surface area contributed by atoms with E-state index in [0.717, 1.165) is 15.8 Å². The average molecular weight is 396 g/mol.